The zero-order valence-corrected chi connectivity index (χ0v) is 14.6. The highest BCUT2D eigenvalue weighted by Crippen LogP contribution is 2.36. The second kappa shape index (κ2) is 7.51. The van der Waals surface area contributed by atoms with Crippen molar-refractivity contribution in [3.63, 3.8) is 0 Å². The third kappa shape index (κ3) is 4.16. The summed E-state index contributed by atoms with van der Waals surface area (Å²) in [5, 5.41) is 12.6. The highest BCUT2D eigenvalue weighted by molar-refractivity contribution is 7.89. The first kappa shape index (κ1) is 18.0. The van der Waals surface area contributed by atoms with Crippen molar-refractivity contribution in [2.24, 2.45) is 0 Å². The summed E-state index contributed by atoms with van der Waals surface area (Å²) in [6.45, 7) is 1.47. The number of halogens is 2. The van der Waals surface area contributed by atoms with Crippen LogP contribution < -0.4 is 10.0 Å². The van der Waals surface area contributed by atoms with Gasteiger partial charge in [0.05, 0.1) is 28.0 Å². The van der Waals surface area contributed by atoms with Gasteiger partial charge in [0.25, 0.3) is 0 Å². The van der Waals surface area contributed by atoms with Crippen molar-refractivity contribution in [2.75, 3.05) is 18.5 Å². The molecule has 0 amide bonds. The summed E-state index contributed by atoms with van der Waals surface area (Å²) in [5.41, 5.74) is 1.60. The number of aliphatic hydroxyl groups excluding tert-OH is 1. The van der Waals surface area contributed by atoms with Gasteiger partial charge in [0.2, 0.25) is 10.0 Å². The van der Waals surface area contributed by atoms with E-state index in [4.69, 9.17) is 28.3 Å². The van der Waals surface area contributed by atoms with Crippen molar-refractivity contribution in [1.82, 2.24) is 4.72 Å². The zero-order chi connectivity index (χ0) is 17.0. The Hall–Kier alpha value is -1.31. The molecule has 0 aliphatic heterocycles. The van der Waals surface area contributed by atoms with E-state index in [2.05, 4.69) is 10.0 Å². The van der Waals surface area contributed by atoms with E-state index in [1.807, 2.05) is 6.92 Å². The van der Waals surface area contributed by atoms with E-state index >= 15 is 0 Å². The summed E-state index contributed by atoms with van der Waals surface area (Å²) < 4.78 is 26.9. The molecule has 2 aromatic rings. The maximum atomic E-state index is 12.3. The van der Waals surface area contributed by atoms with Crippen LogP contribution in [-0.4, -0.2) is 26.7 Å². The first-order chi connectivity index (χ1) is 10.9. The Kier molecular flexibility index (Phi) is 5.89. The van der Waals surface area contributed by atoms with E-state index in [-0.39, 0.29) is 18.0 Å². The summed E-state index contributed by atoms with van der Waals surface area (Å²) in [5.74, 6) is 0. The Balaban J connectivity index is 2.45. The number of rotatable bonds is 6. The quantitative estimate of drug-likeness (QED) is 0.724. The van der Waals surface area contributed by atoms with Crippen LogP contribution in [0.4, 0.5) is 11.4 Å². The Labute approximate surface area is 145 Å². The van der Waals surface area contributed by atoms with Gasteiger partial charge >= 0.3 is 0 Å². The summed E-state index contributed by atoms with van der Waals surface area (Å²) in [6, 6.07) is 9.85. The SMILES string of the molecule is Cc1ccc(Cl)c(Nc2ccccc2S(=O)(=O)NCCO)c1Cl. The highest BCUT2D eigenvalue weighted by Gasteiger charge is 2.19. The molecule has 0 unspecified atom stereocenters. The highest BCUT2D eigenvalue weighted by atomic mass is 35.5. The minimum Gasteiger partial charge on any atom is -0.395 e. The van der Waals surface area contributed by atoms with Crippen molar-refractivity contribution < 1.29 is 13.5 Å². The van der Waals surface area contributed by atoms with E-state index in [1.165, 1.54) is 6.07 Å². The van der Waals surface area contributed by atoms with Crippen LogP contribution in [0.3, 0.4) is 0 Å². The lowest BCUT2D eigenvalue weighted by atomic mass is 10.2. The van der Waals surface area contributed by atoms with Crippen molar-refractivity contribution in [1.29, 1.82) is 0 Å². The molecule has 0 saturated heterocycles. The van der Waals surface area contributed by atoms with E-state index in [0.29, 0.717) is 21.4 Å². The smallest absolute Gasteiger partial charge is 0.242 e. The lowest BCUT2D eigenvalue weighted by molar-refractivity contribution is 0.301. The molecule has 3 N–H and O–H groups in total. The molecular formula is C15H16Cl2N2O3S. The molecule has 0 aromatic heterocycles. The van der Waals surface area contributed by atoms with Gasteiger partial charge in [0, 0.05) is 6.54 Å². The van der Waals surface area contributed by atoms with Crippen LogP contribution in [0.15, 0.2) is 41.3 Å². The molecule has 5 nitrogen and oxygen atoms in total. The maximum absolute atomic E-state index is 12.3. The molecule has 2 aromatic carbocycles. The number of aryl methyl sites for hydroxylation is 1. The Bertz CT molecular complexity index is 810. The number of sulfonamides is 1. The topological polar surface area (TPSA) is 78.4 Å². The normalized spacial score (nSPS) is 11.5. The van der Waals surface area contributed by atoms with Gasteiger partial charge in [-0.15, -0.1) is 0 Å². The number of nitrogens with one attached hydrogen (secondary N) is 2. The van der Waals surface area contributed by atoms with Crippen molar-refractivity contribution >= 4 is 44.6 Å². The first-order valence-electron chi connectivity index (χ1n) is 6.78. The molecule has 0 radical (unpaired) electrons. The van der Waals surface area contributed by atoms with Crippen molar-refractivity contribution in [3.05, 3.63) is 52.0 Å². The fraction of sp³-hybridized carbons (Fsp3) is 0.200. The average Bonchev–Trinajstić information content (AvgIpc) is 2.53. The fourth-order valence-electron chi connectivity index (χ4n) is 1.97. The van der Waals surface area contributed by atoms with Crippen LogP contribution >= 0.6 is 23.2 Å². The third-order valence-electron chi connectivity index (χ3n) is 3.12. The zero-order valence-electron chi connectivity index (χ0n) is 12.3. The maximum Gasteiger partial charge on any atom is 0.242 e. The van der Waals surface area contributed by atoms with Gasteiger partial charge in [-0.2, -0.15) is 0 Å². The molecule has 0 heterocycles. The standard InChI is InChI=1S/C15H16Cl2N2O3S/c1-10-6-7-11(16)15(14(10)17)19-12-4-2-3-5-13(12)23(21,22)18-8-9-20/h2-7,18-20H,8-9H2,1H3. The van der Waals surface area contributed by atoms with Crippen LogP contribution in [-0.2, 0) is 10.0 Å². The molecule has 0 saturated carbocycles. The van der Waals surface area contributed by atoms with Crippen molar-refractivity contribution in [3.8, 4) is 0 Å². The number of hydrogen-bond acceptors (Lipinski definition) is 4. The van der Waals surface area contributed by atoms with Crippen LogP contribution in [0.5, 0.6) is 0 Å². The molecule has 0 atom stereocenters. The van der Waals surface area contributed by atoms with Gasteiger partial charge in [-0.3, -0.25) is 0 Å². The van der Waals surface area contributed by atoms with E-state index < -0.39 is 10.0 Å². The average molecular weight is 375 g/mol. The summed E-state index contributed by atoms with van der Waals surface area (Å²) in [7, 11) is -3.77. The Morgan fingerprint density at radius 1 is 1.13 bits per heavy atom. The summed E-state index contributed by atoms with van der Waals surface area (Å²) in [4.78, 5) is 0.0436. The molecule has 2 rings (SSSR count). The lowest BCUT2D eigenvalue weighted by Crippen LogP contribution is -2.27. The van der Waals surface area contributed by atoms with E-state index in [1.54, 1.807) is 30.3 Å². The molecule has 23 heavy (non-hydrogen) atoms. The third-order valence-corrected chi connectivity index (χ3v) is 5.45. The van der Waals surface area contributed by atoms with Gasteiger partial charge in [-0.05, 0) is 30.7 Å². The fourth-order valence-corrected chi connectivity index (χ4v) is 3.61. The van der Waals surface area contributed by atoms with Gasteiger partial charge < -0.3 is 10.4 Å². The molecular weight excluding hydrogens is 359 g/mol. The van der Waals surface area contributed by atoms with Crippen LogP contribution in [0.1, 0.15) is 5.56 Å². The number of aliphatic hydroxyl groups is 1. The second-order valence-corrected chi connectivity index (χ2v) is 7.32. The largest absolute Gasteiger partial charge is 0.395 e. The minimum atomic E-state index is -3.77. The van der Waals surface area contributed by atoms with Crippen LogP contribution in [0.2, 0.25) is 10.0 Å². The molecule has 0 aliphatic rings. The number of para-hydroxylation sites is 1. The van der Waals surface area contributed by atoms with Gasteiger partial charge in [-0.1, -0.05) is 41.4 Å². The predicted molar refractivity (Wildman–Crippen MR) is 93.2 cm³/mol. The predicted octanol–water partition coefficient (Wildman–Crippen LogP) is 3.32. The van der Waals surface area contributed by atoms with Gasteiger partial charge in [0.15, 0.2) is 0 Å². The number of hydrogen-bond donors (Lipinski definition) is 3. The molecule has 0 bridgehead atoms. The number of anilines is 2. The van der Waals surface area contributed by atoms with Gasteiger partial charge in [0.1, 0.15) is 4.90 Å². The second-order valence-electron chi connectivity index (χ2n) is 4.80. The number of benzene rings is 2. The Morgan fingerprint density at radius 2 is 1.83 bits per heavy atom. The lowest BCUT2D eigenvalue weighted by Gasteiger charge is -2.16. The monoisotopic (exact) mass is 374 g/mol. The van der Waals surface area contributed by atoms with Crippen LogP contribution in [0.25, 0.3) is 0 Å². The first-order valence-corrected chi connectivity index (χ1v) is 9.02. The van der Waals surface area contributed by atoms with Gasteiger partial charge in [-0.25, -0.2) is 13.1 Å². The molecule has 0 aliphatic carbocycles. The molecule has 0 fully saturated rings. The molecule has 8 heteroatoms. The Morgan fingerprint density at radius 3 is 2.52 bits per heavy atom. The van der Waals surface area contributed by atoms with Crippen LogP contribution in [0, 0.1) is 6.92 Å². The summed E-state index contributed by atoms with van der Waals surface area (Å²) in [6.07, 6.45) is 0. The molecule has 0 spiro atoms. The summed E-state index contributed by atoms with van der Waals surface area (Å²) >= 11 is 12.4. The minimum absolute atomic E-state index is 0.0436. The van der Waals surface area contributed by atoms with E-state index in [0.717, 1.165) is 5.56 Å². The molecule has 124 valence electrons. The van der Waals surface area contributed by atoms with E-state index in [9.17, 15) is 8.42 Å². The van der Waals surface area contributed by atoms with Crippen molar-refractivity contribution in [2.45, 2.75) is 11.8 Å².